The molecule has 6 nitrogen and oxygen atoms in total. The summed E-state index contributed by atoms with van der Waals surface area (Å²) < 4.78 is 1.88. The number of carbonyl (C=O) groups excluding carboxylic acids is 2. The Kier molecular flexibility index (Phi) is 3.14. The number of hydrogen-bond donors (Lipinski definition) is 1. The SMILES string of the molecule is Cc1c(C(=O)N2CCCNC(=O)C2)nc2ccccn12. The molecule has 0 aliphatic carbocycles. The Bertz CT molecular complexity index is 677. The number of aromatic nitrogens is 2. The van der Waals surface area contributed by atoms with Crippen LogP contribution >= 0.6 is 0 Å². The third-order valence-electron chi connectivity index (χ3n) is 3.52. The van der Waals surface area contributed by atoms with E-state index in [2.05, 4.69) is 10.3 Å². The first-order valence-corrected chi connectivity index (χ1v) is 6.66. The molecule has 3 heterocycles. The van der Waals surface area contributed by atoms with Gasteiger partial charge in [0.25, 0.3) is 5.91 Å². The van der Waals surface area contributed by atoms with Crippen molar-refractivity contribution in [3.63, 3.8) is 0 Å². The molecule has 1 saturated heterocycles. The highest BCUT2D eigenvalue weighted by atomic mass is 16.2. The maximum absolute atomic E-state index is 12.6. The highest BCUT2D eigenvalue weighted by molar-refractivity contribution is 5.96. The molecule has 6 heteroatoms. The lowest BCUT2D eigenvalue weighted by Crippen LogP contribution is -2.37. The number of imidazole rings is 1. The van der Waals surface area contributed by atoms with Gasteiger partial charge in [0, 0.05) is 19.3 Å². The number of pyridine rings is 1. The molecule has 1 aliphatic rings. The van der Waals surface area contributed by atoms with Gasteiger partial charge < -0.3 is 14.6 Å². The van der Waals surface area contributed by atoms with E-state index in [0.717, 1.165) is 17.8 Å². The molecule has 3 rings (SSSR count). The summed E-state index contributed by atoms with van der Waals surface area (Å²) in [6.45, 7) is 3.16. The van der Waals surface area contributed by atoms with E-state index >= 15 is 0 Å². The lowest BCUT2D eigenvalue weighted by molar-refractivity contribution is -0.121. The fourth-order valence-corrected chi connectivity index (χ4v) is 2.45. The maximum Gasteiger partial charge on any atom is 0.274 e. The van der Waals surface area contributed by atoms with E-state index < -0.39 is 0 Å². The molecule has 0 atom stereocenters. The summed E-state index contributed by atoms with van der Waals surface area (Å²) in [6, 6.07) is 5.64. The molecular weight excluding hydrogens is 256 g/mol. The molecule has 0 unspecified atom stereocenters. The van der Waals surface area contributed by atoms with E-state index in [4.69, 9.17) is 0 Å². The first-order valence-electron chi connectivity index (χ1n) is 6.66. The van der Waals surface area contributed by atoms with Gasteiger partial charge in [-0.2, -0.15) is 0 Å². The maximum atomic E-state index is 12.6. The van der Waals surface area contributed by atoms with Gasteiger partial charge in [-0.25, -0.2) is 4.98 Å². The zero-order valence-corrected chi connectivity index (χ0v) is 11.3. The number of carbonyl (C=O) groups is 2. The monoisotopic (exact) mass is 272 g/mol. The van der Waals surface area contributed by atoms with Gasteiger partial charge in [-0.1, -0.05) is 6.07 Å². The van der Waals surface area contributed by atoms with Crippen LogP contribution in [0.15, 0.2) is 24.4 Å². The van der Waals surface area contributed by atoms with Gasteiger partial charge in [-0.05, 0) is 25.5 Å². The van der Waals surface area contributed by atoms with Gasteiger partial charge in [-0.3, -0.25) is 9.59 Å². The van der Waals surface area contributed by atoms with Gasteiger partial charge in [0.05, 0.1) is 12.2 Å². The molecule has 2 aromatic heterocycles. The van der Waals surface area contributed by atoms with Crippen LogP contribution in [0.5, 0.6) is 0 Å². The van der Waals surface area contributed by atoms with Crippen LogP contribution in [-0.2, 0) is 4.79 Å². The Labute approximate surface area is 116 Å². The molecule has 0 spiro atoms. The molecular formula is C14H16N4O2. The zero-order chi connectivity index (χ0) is 14.1. The second-order valence-electron chi connectivity index (χ2n) is 4.90. The van der Waals surface area contributed by atoms with Crippen LogP contribution in [0.4, 0.5) is 0 Å². The van der Waals surface area contributed by atoms with Gasteiger partial charge >= 0.3 is 0 Å². The Morgan fingerprint density at radius 3 is 3.05 bits per heavy atom. The summed E-state index contributed by atoms with van der Waals surface area (Å²) in [5.74, 6) is -0.291. The molecule has 2 aromatic rings. The Balaban J connectivity index is 1.95. The zero-order valence-electron chi connectivity index (χ0n) is 11.3. The van der Waals surface area contributed by atoms with Crippen molar-refractivity contribution in [3.05, 3.63) is 35.8 Å². The third-order valence-corrected chi connectivity index (χ3v) is 3.52. The molecule has 1 fully saturated rings. The normalized spacial score (nSPS) is 16.1. The Hall–Kier alpha value is -2.37. The molecule has 0 bridgehead atoms. The van der Waals surface area contributed by atoms with Crippen molar-refractivity contribution in [3.8, 4) is 0 Å². The number of fused-ring (bicyclic) bond motifs is 1. The van der Waals surface area contributed by atoms with Crippen molar-refractivity contribution in [1.82, 2.24) is 19.6 Å². The van der Waals surface area contributed by atoms with Crippen LogP contribution in [-0.4, -0.2) is 45.7 Å². The van der Waals surface area contributed by atoms with Crippen molar-refractivity contribution in [1.29, 1.82) is 0 Å². The van der Waals surface area contributed by atoms with Crippen LogP contribution in [0, 0.1) is 6.92 Å². The third kappa shape index (κ3) is 2.13. The summed E-state index contributed by atoms with van der Waals surface area (Å²) in [6.07, 6.45) is 2.65. The van der Waals surface area contributed by atoms with Gasteiger partial charge in [0.1, 0.15) is 11.3 Å². The number of hydrogen-bond acceptors (Lipinski definition) is 3. The molecule has 104 valence electrons. The molecule has 2 amide bonds. The minimum Gasteiger partial charge on any atom is -0.354 e. The number of nitrogens with one attached hydrogen (secondary N) is 1. The summed E-state index contributed by atoms with van der Waals surface area (Å²) in [5.41, 5.74) is 1.97. The number of amides is 2. The van der Waals surface area contributed by atoms with Gasteiger partial charge in [0.15, 0.2) is 0 Å². The van der Waals surface area contributed by atoms with Crippen LogP contribution in [0.25, 0.3) is 5.65 Å². The van der Waals surface area contributed by atoms with Gasteiger partial charge in [-0.15, -0.1) is 0 Å². The van der Waals surface area contributed by atoms with Crippen LogP contribution in [0.3, 0.4) is 0 Å². The van der Waals surface area contributed by atoms with Crippen LogP contribution in [0.2, 0.25) is 0 Å². The first-order chi connectivity index (χ1) is 9.66. The number of aryl methyl sites for hydroxylation is 1. The second-order valence-corrected chi connectivity index (χ2v) is 4.90. The van der Waals surface area contributed by atoms with Crippen molar-refractivity contribution in [2.45, 2.75) is 13.3 Å². The molecule has 0 saturated carbocycles. The standard InChI is InChI=1S/C14H16N4O2/c1-10-13(16-11-5-2-3-8-18(10)11)14(20)17-7-4-6-15-12(19)9-17/h2-3,5,8H,4,6-7,9H2,1H3,(H,15,19). The smallest absolute Gasteiger partial charge is 0.274 e. The van der Waals surface area contributed by atoms with E-state index in [0.29, 0.717) is 18.8 Å². The second kappa shape index (κ2) is 4.96. The van der Waals surface area contributed by atoms with Crippen molar-refractivity contribution in [2.24, 2.45) is 0 Å². The Morgan fingerprint density at radius 2 is 2.25 bits per heavy atom. The largest absolute Gasteiger partial charge is 0.354 e. The summed E-state index contributed by atoms with van der Waals surface area (Å²) in [7, 11) is 0. The van der Waals surface area contributed by atoms with E-state index in [1.54, 1.807) is 4.90 Å². The van der Waals surface area contributed by atoms with Gasteiger partial charge in [0.2, 0.25) is 5.91 Å². The van der Waals surface area contributed by atoms with E-state index in [1.165, 1.54) is 0 Å². The van der Waals surface area contributed by atoms with E-state index in [9.17, 15) is 9.59 Å². The Morgan fingerprint density at radius 1 is 1.40 bits per heavy atom. The molecule has 0 aromatic carbocycles. The van der Waals surface area contributed by atoms with Crippen molar-refractivity contribution in [2.75, 3.05) is 19.6 Å². The minimum absolute atomic E-state index is 0.103. The summed E-state index contributed by atoms with van der Waals surface area (Å²) in [4.78, 5) is 30.1. The summed E-state index contributed by atoms with van der Waals surface area (Å²) >= 11 is 0. The molecule has 20 heavy (non-hydrogen) atoms. The minimum atomic E-state index is -0.178. The first kappa shape index (κ1) is 12.7. The quantitative estimate of drug-likeness (QED) is 0.827. The molecule has 1 N–H and O–H groups in total. The van der Waals surface area contributed by atoms with E-state index in [-0.39, 0.29) is 18.4 Å². The van der Waals surface area contributed by atoms with E-state index in [1.807, 2.05) is 35.7 Å². The fraction of sp³-hybridized carbons (Fsp3) is 0.357. The molecule has 1 aliphatic heterocycles. The average Bonchev–Trinajstić information content (AvgIpc) is 2.64. The average molecular weight is 272 g/mol. The molecule has 0 radical (unpaired) electrons. The lowest BCUT2D eigenvalue weighted by atomic mass is 10.3. The fourth-order valence-electron chi connectivity index (χ4n) is 2.45. The highest BCUT2D eigenvalue weighted by Gasteiger charge is 2.24. The van der Waals surface area contributed by atoms with Crippen LogP contribution < -0.4 is 5.32 Å². The highest BCUT2D eigenvalue weighted by Crippen LogP contribution is 2.14. The lowest BCUT2D eigenvalue weighted by Gasteiger charge is -2.17. The van der Waals surface area contributed by atoms with Crippen LogP contribution in [0.1, 0.15) is 22.6 Å². The predicted molar refractivity (Wildman–Crippen MR) is 73.5 cm³/mol. The number of nitrogens with zero attached hydrogens (tertiary/aromatic N) is 3. The summed E-state index contributed by atoms with van der Waals surface area (Å²) in [5, 5.41) is 2.76. The predicted octanol–water partition coefficient (Wildman–Crippen LogP) is 0.605. The van der Waals surface area contributed by atoms with Crippen molar-refractivity contribution >= 4 is 17.5 Å². The number of rotatable bonds is 1. The van der Waals surface area contributed by atoms with Crippen molar-refractivity contribution < 1.29 is 9.59 Å². The topological polar surface area (TPSA) is 66.7 Å².